The number of nitrogens with zero attached hydrogens (tertiary/aromatic N) is 3. The molecule has 3 fully saturated rings. The van der Waals surface area contributed by atoms with Gasteiger partial charge in [0.15, 0.2) is 0 Å². The van der Waals surface area contributed by atoms with Crippen LogP contribution < -0.4 is 0 Å². The molecule has 3 aliphatic rings. The van der Waals surface area contributed by atoms with Gasteiger partial charge in [-0.2, -0.15) is 0 Å². The van der Waals surface area contributed by atoms with E-state index in [1.807, 2.05) is 24.8 Å². The van der Waals surface area contributed by atoms with Gasteiger partial charge in [-0.05, 0) is 77.2 Å². The van der Waals surface area contributed by atoms with Gasteiger partial charge in [0.2, 0.25) is 0 Å². The lowest BCUT2D eigenvalue weighted by atomic mass is 9.58. The zero-order chi connectivity index (χ0) is 21.0. The average Bonchev–Trinajstić information content (AvgIpc) is 3.40. The van der Waals surface area contributed by atoms with Gasteiger partial charge in [-0.3, -0.25) is 4.90 Å². The third kappa shape index (κ3) is 3.55. The van der Waals surface area contributed by atoms with Gasteiger partial charge in [-0.25, -0.2) is 9.18 Å². The van der Waals surface area contributed by atoms with E-state index >= 15 is 0 Å². The number of hydrogen-bond acceptors (Lipinski definition) is 3. The predicted molar refractivity (Wildman–Crippen MR) is 111 cm³/mol. The minimum Gasteiger partial charge on any atom is -0.377 e. The lowest BCUT2D eigenvalue weighted by Gasteiger charge is -2.60. The molecule has 1 heterocycles. The first kappa shape index (κ1) is 20.6. The molecule has 0 aromatic heterocycles. The lowest BCUT2D eigenvalue weighted by Crippen LogP contribution is -2.67. The molecule has 0 atom stereocenters. The highest BCUT2D eigenvalue weighted by Gasteiger charge is 2.65. The number of urea groups is 1. The van der Waals surface area contributed by atoms with Crippen molar-refractivity contribution in [3.63, 3.8) is 0 Å². The van der Waals surface area contributed by atoms with Crippen LogP contribution in [-0.2, 0) is 10.3 Å². The number of hydrogen-bond donors (Lipinski definition) is 0. The number of ether oxygens (including phenoxy) is 1. The number of rotatable bonds is 7. The summed E-state index contributed by atoms with van der Waals surface area (Å²) in [4.78, 5) is 19.7. The highest BCUT2D eigenvalue weighted by Crippen LogP contribution is 2.57. The fourth-order valence-electron chi connectivity index (χ4n) is 5.26. The topological polar surface area (TPSA) is 36.0 Å². The maximum atomic E-state index is 14.0. The van der Waals surface area contributed by atoms with Crippen LogP contribution in [0.1, 0.15) is 45.1 Å². The Labute approximate surface area is 173 Å². The van der Waals surface area contributed by atoms with Crippen LogP contribution in [0.5, 0.6) is 0 Å². The Kier molecular flexibility index (Phi) is 4.94. The molecule has 4 rings (SSSR count). The van der Waals surface area contributed by atoms with Crippen molar-refractivity contribution < 1.29 is 13.9 Å². The molecule has 1 spiro atoms. The summed E-state index contributed by atoms with van der Waals surface area (Å²) in [5.41, 5.74) is 0.205. The van der Waals surface area contributed by atoms with Crippen molar-refractivity contribution in [1.29, 1.82) is 0 Å². The summed E-state index contributed by atoms with van der Waals surface area (Å²) in [6, 6.07) is 7.09. The zero-order valence-corrected chi connectivity index (χ0v) is 18.4. The molecule has 29 heavy (non-hydrogen) atoms. The summed E-state index contributed by atoms with van der Waals surface area (Å²) < 4.78 is 19.6. The largest absolute Gasteiger partial charge is 0.377 e. The summed E-state index contributed by atoms with van der Waals surface area (Å²) in [7, 11) is 5.82. The molecule has 0 N–H and O–H groups in total. The molecule has 2 aliphatic carbocycles. The Morgan fingerprint density at radius 3 is 2.52 bits per heavy atom. The van der Waals surface area contributed by atoms with Crippen molar-refractivity contribution in [2.24, 2.45) is 5.92 Å². The second kappa shape index (κ2) is 6.95. The van der Waals surface area contributed by atoms with Crippen molar-refractivity contribution in [3.8, 4) is 0 Å². The van der Waals surface area contributed by atoms with Gasteiger partial charge in [0.05, 0.1) is 23.2 Å². The lowest BCUT2D eigenvalue weighted by molar-refractivity contribution is -0.0726. The fourth-order valence-corrected chi connectivity index (χ4v) is 5.26. The Bertz CT molecular complexity index is 784. The summed E-state index contributed by atoms with van der Waals surface area (Å²) in [6.07, 6.45) is 4.09. The van der Waals surface area contributed by atoms with Crippen LogP contribution >= 0.6 is 0 Å². The van der Waals surface area contributed by atoms with Crippen LogP contribution in [0.15, 0.2) is 24.3 Å². The molecular formula is C23H34FN3O2. The SMILES string of the molecule is COC(C)(C)CN1C[C@]2(C[C@](c3cccc(F)c3)(N(C)C)C2)N(CC2CC2)C1=O. The maximum Gasteiger partial charge on any atom is 0.320 e. The van der Waals surface area contributed by atoms with Crippen molar-refractivity contribution in [2.75, 3.05) is 40.8 Å². The van der Waals surface area contributed by atoms with Gasteiger partial charge in [-0.15, -0.1) is 0 Å². The van der Waals surface area contributed by atoms with E-state index in [0.29, 0.717) is 12.5 Å². The second-order valence-electron chi connectivity index (χ2n) is 10.2. The monoisotopic (exact) mass is 403 g/mol. The standard InChI is InChI=1S/C23H34FN3O2/c1-21(2,29-5)15-26-16-22(27(20(26)28)12-17-9-10-17)13-23(14-22,25(3)4)18-7-6-8-19(24)11-18/h6-8,11,17H,9-10,12-16H2,1-5H3/t22-,23+. The van der Waals surface area contributed by atoms with E-state index in [2.05, 4.69) is 23.9 Å². The van der Waals surface area contributed by atoms with Crippen LogP contribution in [0.2, 0.25) is 0 Å². The molecule has 1 aromatic rings. The zero-order valence-electron chi connectivity index (χ0n) is 18.4. The number of amides is 2. The van der Waals surface area contributed by atoms with Gasteiger partial charge in [-0.1, -0.05) is 12.1 Å². The first-order valence-electron chi connectivity index (χ1n) is 10.7. The third-order valence-corrected chi connectivity index (χ3v) is 7.28. The maximum absolute atomic E-state index is 14.0. The van der Waals surface area contributed by atoms with Crippen LogP contribution in [0, 0.1) is 11.7 Å². The normalized spacial score (nSPS) is 29.8. The fraction of sp³-hybridized carbons (Fsp3) is 0.696. The molecule has 1 aromatic carbocycles. The van der Waals surface area contributed by atoms with Crippen molar-refractivity contribution >= 4 is 6.03 Å². The van der Waals surface area contributed by atoms with Crippen LogP contribution in [0.25, 0.3) is 0 Å². The number of benzene rings is 1. The Morgan fingerprint density at radius 1 is 1.28 bits per heavy atom. The molecule has 1 aliphatic heterocycles. The van der Waals surface area contributed by atoms with E-state index in [-0.39, 0.29) is 28.5 Å². The molecule has 1 saturated heterocycles. The molecular weight excluding hydrogens is 369 g/mol. The Balaban J connectivity index is 1.62. The Hall–Kier alpha value is -1.66. The van der Waals surface area contributed by atoms with E-state index < -0.39 is 0 Å². The molecule has 160 valence electrons. The van der Waals surface area contributed by atoms with E-state index in [4.69, 9.17) is 4.74 Å². The van der Waals surface area contributed by atoms with Gasteiger partial charge < -0.3 is 14.5 Å². The van der Waals surface area contributed by atoms with E-state index in [9.17, 15) is 9.18 Å². The third-order valence-electron chi connectivity index (χ3n) is 7.28. The predicted octanol–water partition coefficient (Wildman–Crippen LogP) is 3.69. The summed E-state index contributed by atoms with van der Waals surface area (Å²) >= 11 is 0. The van der Waals surface area contributed by atoms with Crippen molar-refractivity contribution in [2.45, 2.75) is 56.2 Å². The summed E-state index contributed by atoms with van der Waals surface area (Å²) in [5.74, 6) is 0.431. The molecule has 0 unspecified atom stereocenters. The number of carbonyl (C=O) groups excluding carboxylic acids is 1. The first-order chi connectivity index (χ1) is 13.6. The molecule has 6 heteroatoms. The molecule has 0 bridgehead atoms. The molecule has 5 nitrogen and oxygen atoms in total. The van der Waals surface area contributed by atoms with Gasteiger partial charge in [0.25, 0.3) is 0 Å². The second-order valence-corrected chi connectivity index (χ2v) is 10.2. The van der Waals surface area contributed by atoms with E-state index in [1.165, 1.54) is 18.9 Å². The number of methoxy groups -OCH3 is 1. The molecule has 2 saturated carbocycles. The number of halogens is 1. The van der Waals surface area contributed by atoms with E-state index in [1.54, 1.807) is 19.2 Å². The number of carbonyl (C=O) groups is 1. The highest BCUT2D eigenvalue weighted by molar-refractivity contribution is 5.79. The van der Waals surface area contributed by atoms with E-state index in [0.717, 1.165) is 31.5 Å². The smallest absolute Gasteiger partial charge is 0.320 e. The molecule has 0 radical (unpaired) electrons. The Morgan fingerprint density at radius 2 is 1.97 bits per heavy atom. The minimum atomic E-state index is -0.378. The van der Waals surface area contributed by atoms with Crippen LogP contribution in [0.4, 0.5) is 9.18 Å². The average molecular weight is 404 g/mol. The first-order valence-corrected chi connectivity index (χ1v) is 10.7. The van der Waals surface area contributed by atoms with Crippen LogP contribution in [0.3, 0.4) is 0 Å². The van der Waals surface area contributed by atoms with Crippen molar-refractivity contribution in [1.82, 2.24) is 14.7 Å². The minimum absolute atomic E-state index is 0.133. The van der Waals surface area contributed by atoms with Gasteiger partial charge in [0.1, 0.15) is 5.82 Å². The summed E-state index contributed by atoms with van der Waals surface area (Å²) in [6.45, 7) is 6.19. The van der Waals surface area contributed by atoms with Crippen molar-refractivity contribution in [3.05, 3.63) is 35.6 Å². The highest BCUT2D eigenvalue weighted by atomic mass is 19.1. The van der Waals surface area contributed by atoms with Gasteiger partial charge in [0, 0.05) is 20.2 Å². The quantitative estimate of drug-likeness (QED) is 0.697. The van der Waals surface area contributed by atoms with Gasteiger partial charge >= 0.3 is 6.03 Å². The van der Waals surface area contributed by atoms with Crippen LogP contribution in [-0.4, -0.2) is 72.7 Å². The molecule has 2 amide bonds. The summed E-state index contributed by atoms with van der Waals surface area (Å²) in [5, 5.41) is 0.